The lowest BCUT2D eigenvalue weighted by Crippen LogP contribution is -2.39. The van der Waals surface area contributed by atoms with Crippen LogP contribution in [0.5, 0.6) is 0 Å². The third kappa shape index (κ3) is 5.59. The summed E-state index contributed by atoms with van der Waals surface area (Å²) in [6.07, 6.45) is 3.39. The van der Waals surface area contributed by atoms with Crippen molar-refractivity contribution in [2.24, 2.45) is 13.0 Å². The lowest BCUT2D eigenvalue weighted by Gasteiger charge is -2.32. The number of rotatable bonds is 6. The zero-order valence-corrected chi connectivity index (χ0v) is 18.2. The van der Waals surface area contributed by atoms with Gasteiger partial charge in [0.1, 0.15) is 5.69 Å². The first kappa shape index (κ1) is 23.9. The molecule has 1 aliphatic rings. The second-order valence-electron chi connectivity index (χ2n) is 7.72. The molecule has 6 nitrogen and oxygen atoms in total. The van der Waals surface area contributed by atoms with Gasteiger partial charge in [0.25, 0.3) is 5.91 Å². The number of hydrogen-bond donors (Lipinski definition) is 1. The number of carbonyl (C=O) groups excluding carboxylic acids is 1. The molecular formula is C23H31ClN4O2. The highest BCUT2D eigenvalue weighted by atomic mass is 35.5. The van der Waals surface area contributed by atoms with E-state index in [-0.39, 0.29) is 23.8 Å². The molecule has 0 radical (unpaired) electrons. The minimum Gasteiger partial charge on any atom is -0.412 e. The number of aryl methyl sites for hydroxylation is 1. The van der Waals surface area contributed by atoms with Crippen molar-refractivity contribution < 1.29 is 10.3 Å². The van der Waals surface area contributed by atoms with Crippen LogP contribution < -0.4 is 5.32 Å². The predicted octanol–water partition coefficient (Wildman–Crippen LogP) is 2.85. The van der Waals surface area contributed by atoms with Gasteiger partial charge >= 0.3 is 0 Å². The average Bonchev–Trinajstić information content (AvgIpc) is 3.08. The Kier molecular flexibility index (Phi) is 8.84. The lowest BCUT2D eigenvalue weighted by molar-refractivity contribution is 0.0928. The minimum absolute atomic E-state index is 0. The summed E-state index contributed by atoms with van der Waals surface area (Å²) in [5, 5.41) is 8.49. The minimum atomic E-state index is -0.0253. The van der Waals surface area contributed by atoms with Crippen LogP contribution in [0, 0.1) is 5.92 Å². The molecule has 2 heterocycles. The van der Waals surface area contributed by atoms with Crippen LogP contribution in [0.2, 0.25) is 0 Å². The fourth-order valence-electron chi connectivity index (χ4n) is 4.08. The van der Waals surface area contributed by atoms with E-state index in [2.05, 4.69) is 45.6 Å². The molecule has 1 amide bonds. The largest absolute Gasteiger partial charge is 0.412 e. The van der Waals surface area contributed by atoms with Crippen molar-refractivity contribution in [1.82, 2.24) is 20.0 Å². The van der Waals surface area contributed by atoms with Gasteiger partial charge < -0.3 is 15.7 Å². The maximum atomic E-state index is 12.7. The summed E-state index contributed by atoms with van der Waals surface area (Å²) < 4.78 is 1.69. The van der Waals surface area contributed by atoms with E-state index in [1.807, 2.05) is 31.3 Å². The Labute approximate surface area is 184 Å². The molecule has 162 valence electrons. The van der Waals surface area contributed by atoms with Crippen LogP contribution in [0.4, 0.5) is 0 Å². The molecule has 4 rings (SSSR count). The Morgan fingerprint density at radius 2 is 1.73 bits per heavy atom. The van der Waals surface area contributed by atoms with Crippen LogP contribution in [0.1, 0.15) is 28.9 Å². The maximum absolute atomic E-state index is 12.7. The molecule has 1 aromatic heterocycles. The van der Waals surface area contributed by atoms with Crippen molar-refractivity contribution in [3.63, 3.8) is 0 Å². The molecule has 30 heavy (non-hydrogen) atoms. The summed E-state index contributed by atoms with van der Waals surface area (Å²) >= 11 is 0. The predicted molar refractivity (Wildman–Crippen MR) is 123 cm³/mol. The number of likely N-dealkylation sites (tertiary alicyclic amines) is 1. The van der Waals surface area contributed by atoms with E-state index in [1.165, 1.54) is 5.56 Å². The number of hydrogen-bond acceptors (Lipinski definition) is 3. The van der Waals surface area contributed by atoms with Crippen molar-refractivity contribution in [2.75, 3.05) is 26.2 Å². The summed E-state index contributed by atoms with van der Waals surface area (Å²) in [7, 11) is 1.83. The molecule has 1 saturated heterocycles. The smallest absolute Gasteiger partial charge is 0.270 e. The third-order valence-electron chi connectivity index (χ3n) is 5.77. The molecule has 0 saturated carbocycles. The molecular weight excluding hydrogens is 400 g/mol. The maximum Gasteiger partial charge on any atom is 0.270 e. The topological polar surface area (TPSA) is 81.7 Å². The van der Waals surface area contributed by atoms with Crippen LogP contribution in [0.3, 0.4) is 0 Å². The first-order valence-corrected chi connectivity index (χ1v) is 10.2. The second-order valence-corrected chi connectivity index (χ2v) is 7.72. The number of nitrogens with zero attached hydrogens (tertiary/aromatic N) is 3. The Morgan fingerprint density at radius 3 is 2.47 bits per heavy atom. The molecule has 0 aliphatic carbocycles. The first-order valence-electron chi connectivity index (χ1n) is 10.2. The monoisotopic (exact) mass is 430 g/mol. The van der Waals surface area contributed by atoms with E-state index >= 15 is 0 Å². The Hall–Kier alpha value is -2.41. The van der Waals surface area contributed by atoms with Gasteiger partial charge in [-0.3, -0.25) is 9.48 Å². The highest BCUT2D eigenvalue weighted by molar-refractivity contribution is 6.04. The molecule has 1 fully saturated rings. The molecule has 7 heteroatoms. The van der Waals surface area contributed by atoms with Crippen molar-refractivity contribution in [3.05, 3.63) is 65.9 Å². The summed E-state index contributed by atoms with van der Waals surface area (Å²) in [5.74, 6) is 0.527. The van der Waals surface area contributed by atoms with Gasteiger partial charge in [0.2, 0.25) is 0 Å². The quantitative estimate of drug-likeness (QED) is 0.652. The fourth-order valence-corrected chi connectivity index (χ4v) is 4.08. The van der Waals surface area contributed by atoms with Gasteiger partial charge in [0.05, 0.1) is 5.52 Å². The summed E-state index contributed by atoms with van der Waals surface area (Å²) in [5.41, 5.74) is 2.91. The van der Waals surface area contributed by atoms with Crippen LogP contribution in [0.15, 0.2) is 54.6 Å². The summed E-state index contributed by atoms with van der Waals surface area (Å²) in [6.45, 7) is 4.08. The molecule has 0 atom stereocenters. The van der Waals surface area contributed by atoms with Crippen LogP contribution in [-0.2, 0) is 13.5 Å². The van der Waals surface area contributed by atoms with Gasteiger partial charge in [-0.15, -0.1) is 12.4 Å². The highest BCUT2D eigenvalue weighted by Crippen LogP contribution is 2.19. The van der Waals surface area contributed by atoms with Crippen LogP contribution >= 0.6 is 12.4 Å². The summed E-state index contributed by atoms with van der Waals surface area (Å²) in [6, 6.07) is 18.5. The van der Waals surface area contributed by atoms with Crippen molar-refractivity contribution >= 4 is 29.2 Å². The number of nitrogens with one attached hydrogen (secondary N) is 1. The fraction of sp³-hybridized carbons (Fsp3) is 0.391. The Balaban J connectivity index is 0.00000160. The molecule has 3 N–H and O–H groups in total. The zero-order valence-electron chi connectivity index (χ0n) is 17.4. The van der Waals surface area contributed by atoms with E-state index in [1.54, 1.807) is 4.68 Å². The number of aromatic nitrogens is 2. The van der Waals surface area contributed by atoms with Crippen LogP contribution in [-0.4, -0.2) is 52.2 Å². The number of halogens is 1. The van der Waals surface area contributed by atoms with Gasteiger partial charge in [-0.25, -0.2) is 0 Å². The molecule has 0 bridgehead atoms. The number of benzene rings is 2. The molecule has 0 unspecified atom stereocenters. The highest BCUT2D eigenvalue weighted by Gasteiger charge is 2.21. The molecule has 1 aliphatic heterocycles. The van der Waals surface area contributed by atoms with Gasteiger partial charge in [0.15, 0.2) is 0 Å². The Bertz CT molecular complexity index is 937. The van der Waals surface area contributed by atoms with E-state index in [4.69, 9.17) is 0 Å². The van der Waals surface area contributed by atoms with Crippen LogP contribution in [0.25, 0.3) is 10.9 Å². The second kappa shape index (κ2) is 11.1. The first-order chi connectivity index (χ1) is 13.7. The van der Waals surface area contributed by atoms with E-state index in [0.29, 0.717) is 11.6 Å². The Morgan fingerprint density at radius 1 is 1.07 bits per heavy atom. The summed E-state index contributed by atoms with van der Waals surface area (Å²) in [4.78, 5) is 15.3. The zero-order chi connectivity index (χ0) is 19.3. The molecule has 0 spiro atoms. The lowest BCUT2D eigenvalue weighted by atomic mass is 9.96. The number of amides is 1. The number of fused-ring (bicyclic) bond motifs is 1. The van der Waals surface area contributed by atoms with E-state index < -0.39 is 0 Å². The molecule has 2 aromatic carbocycles. The van der Waals surface area contributed by atoms with E-state index in [0.717, 1.165) is 56.3 Å². The van der Waals surface area contributed by atoms with E-state index in [9.17, 15) is 4.79 Å². The van der Waals surface area contributed by atoms with Crippen molar-refractivity contribution in [1.29, 1.82) is 0 Å². The van der Waals surface area contributed by atoms with Gasteiger partial charge in [0, 0.05) is 25.5 Å². The van der Waals surface area contributed by atoms with Gasteiger partial charge in [-0.1, -0.05) is 48.5 Å². The standard InChI is InChI=1S/C23H28N4O.ClH.H2O/c1-26-22(20-9-5-6-10-21(20)25-26)23(28)24-17-19-12-15-27(16-13-19)14-11-18-7-3-2-4-8-18;;/h2-10,19H,11-17H2,1H3,(H,24,28);1H;1H2. The van der Waals surface area contributed by atoms with Gasteiger partial charge in [-0.05, 0) is 49.9 Å². The SMILES string of the molecule is Cl.Cn1nc2ccccc2c1C(=O)NCC1CCN(CCc2ccccc2)CC1.O. The average molecular weight is 431 g/mol. The molecule has 3 aromatic rings. The normalized spacial score (nSPS) is 14.7. The number of carbonyl (C=O) groups is 1. The van der Waals surface area contributed by atoms with Crippen molar-refractivity contribution in [3.8, 4) is 0 Å². The third-order valence-corrected chi connectivity index (χ3v) is 5.77. The van der Waals surface area contributed by atoms with Gasteiger partial charge in [-0.2, -0.15) is 5.10 Å². The number of piperidine rings is 1. The van der Waals surface area contributed by atoms with Crippen molar-refractivity contribution in [2.45, 2.75) is 19.3 Å².